The van der Waals surface area contributed by atoms with E-state index in [0.29, 0.717) is 22.7 Å². The molecule has 9 nitrogen and oxygen atoms in total. The number of aromatic carboxylic acids is 1. The lowest BCUT2D eigenvalue weighted by Gasteiger charge is -2.06. The number of benzene rings is 2. The van der Waals surface area contributed by atoms with Crippen molar-refractivity contribution in [3.05, 3.63) is 92.1 Å². The maximum atomic E-state index is 11.3. The summed E-state index contributed by atoms with van der Waals surface area (Å²) in [6.07, 6.45) is 0. The summed E-state index contributed by atoms with van der Waals surface area (Å²) in [4.78, 5) is 11.3. The van der Waals surface area contributed by atoms with Gasteiger partial charge < -0.3 is 19.7 Å². The van der Waals surface area contributed by atoms with Crippen molar-refractivity contribution in [1.29, 1.82) is 0 Å². The molecule has 2 aromatic heterocycles. The average molecular weight is 664 g/mol. The van der Waals surface area contributed by atoms with Gasteiger partial charge in [-0.15, -0.1) is 10.2 Å². The highest BCUT2D eigenvalue weighted by Gasteiger charge is 2.24. The van der Waals surface area contributed by atoms with E-state index >= 15 is 0 Å². The van der Waals surface area contributed by atoms with E-state index in [1.807, 2.05) is 88.4 Å². The van der Waals surface area contributed by atoms with E-state index in [1.165, 1.54) is 0 Å². The van der Waals surface area contributed by atoms with Crippen LogP contribution in [0.4, 0.5) is 0 Å². The molecular weight excluding hydrogens is 632 g/mol. The van der Waals surface area contributed by atoms with Crippen LogP contribution in [0.25, 0.3) is 0 Å². The molecule has 39 heavy (non-hydrogen) atoms. The quantitative estimate of drug-likeness (QED) is 0.192. The molecule has 0 unspecified atom stereocenters. The summed E-state index contributed by atoms with van der Waals surface area (Å²) >= 11 is 6.72. The van der Waals surface area contributed by atoms with Gasteiger partial charge in [-0.2, -0.15) is 0 Å². The number of carbonyl (C=O) groups is 1. The van der Waals surface area contributed by atoms with Crippen LogP contribution in [0.1, 0.15) is 66.8 Å². The molecule has 208 valence electrons. The summed E-state index contributed by atoms with van der Waals surface area (Å²) in [5.74, 6) is -0.458. The average Bonchev–Trinajstić information content (AvgIpc) is 3.43. The SMILES string of the molecule is CC(C)n1nc(OCc2ccccc2)c(C(=O)O)c1Br.CC(C)n1nc(OCc2ccccc2)c(CO)c1Br. The minimum Gasteiger partial charge on any atom is -0.477 e. The van der Waals surface area contributed by atoms with Crippen LogP contribution in [0.5, 0.6) is 11.8 Å². The maximum absolute atomic E-state index is 11.3. The van der Waals surface area contributed by atoms with Crippen LogP contribution in [-0.4, -0.2) is 35.7 Å². The number of rotatable bonds is 10. The second-order valence-corrected chi connectivity index (χ2v) is 10.6. The molecule has 2 heterocycles. The van der Waals surface area contributed by atoms with Crippen molar-refractivity contribution >= 4 is 37.8 Å². The fourth-order valence-corrected chi connectivity index (χ4v) is 5.10. The third-order valence-electron chi connectivity index (χ3n) is 5.51. The number of hydrogen-bond acceptors (Lipinski definition) is 6. The van der Waals surface area contributed by atoms with Crippen LogP contribution >= 0.6 is 31.9 Å². The zero-order chi connectivity index (χ0) is 28.5. The predicted octanol–water partition coefficient (Wildman–Crippen LogP) is 6.80. The Labute approximate surface area is 244 Å². The van der Waals surface area contributed by atoms with Crippen LogP contribution in [0, 0.1) is 0 Å². The second kappa shape index (κ2) is 14.3. The van der Waals surface area contributed by atoms with Crippen molar-refractivity contribution in [3.8, 4) is 11.8 Å². The van der Waals surface area contributed by atoms with Gasteiger partial charge in [0.25, 0.3) is 0 Å². The molecule has 4 aromatic rings. The Morgan fingerprint density at radius 2 is 1.23 bits per heavy atom. The molecule has 0 bridgehead atoms. The first-order valence-corrected chi connectivity index (χ1v) is 13.9. The van der Waals surface area contributed by atoms with Crippen molar-refractivity contribution in [2.75, 3.05) is 0 Å². The van der Waals surface area contributed by atoms with Gasteiger partial charge in [-0.3, -0.25) is 9.36 Å². The number of nitrogens with zero attached hydrogens (tertiary/aromatic N) is 4. The van der Waals surface area contributed by atoms with Crippen molar-refractivity contribution in [3.63, 3.8) is 0 Å². The van der Waals surface area contributed by atoms with Gasteiger partial charge in [-0.25, -0.2) is 4.79 Å². The molecule has 0 fully saturated rings. The van der Waals surface area contributed by atoms with Gasteiger partial charge in [0.15, 0.2) is 5.56 Å². The summed E-state index contributed by atoms with van der Waals surface area (Å²) in [6, 6.07) is 19.7. The van der Waals surface area contributed by atoms with Crippen LogP contribution in [0.15, 0.2) is 69.9 Å². The molecule has 0 aliphatic carbocycles. The molecule has 0 amide bonds. The predicted molar refractivity (Wildman–Crippen MR) is 155 cm³/mol. The van der Waals surface area contributed by atoms with Gasteiger partial charge in [0.05, 0.1) is 12.2 Å². The highest BCUT2D eigenvalue weighted by atomic mass is 79.9. The van der Waals surface area contributed by atoms with E-state index < -0.39 is 5.97 Å². The zero-order valence-corrected chi connectivity index (χ0v) is 25.4. The number of carboxylic acid groups (broad SMARTS) is 1. The van der Waals surface area contributed by atoms with Gasteiger partial charge >= 0.3 is 5.97 Å². The zero-order valence-electron chi connectivity index (χ0n) is 22.2. The number of ether oxygens (including phenoxy) is 2. The Balaban J connectivity index is 0.000000216. The van der Waals surface area contributed by atoms with Gasteiger partial charge in [0, 0.05) is 12.1 Å². The molecule has 2 N–H and O–H groups in total. The molecule has 0 aliphatic rings. The number of aromatic nitrogens is 4. The molecule has 0 saturated heterocycles. The van der Waals surface area contributed by atoms with Gasteiger partial charge in [-0.05, 0) is 70.7 Å². The molecule has 0 spiro atoms. The molecule has 0 saturated carbocycles. The van der Waals surface area contributed by atoms with E-state index in [4.69, 9.17) is 9.47 Å². The van der Waals surface area contributed by atoms with Crippen molar-refractivity contribution in [1.82, 2.24) is 19.6 Å². The third kappa shape index (κ3) is 7.93. The minimum atomic E-state index is -1.06. The van der Waals surface area contributed by atoms with Gasteiger partial charge in [0.2, 0.25) is 11.8 Å². The highest BCUT2D eigenvalue weighted by Crippen LogP contribution is 2.30. The molecule has 11 heteroatoms. The van der Waals surface area contributed by atoms with E-state index in [1.54, 1.807) is 9.36 Å². The molecule has 0 aliphatic heterocycles. The first-order valence-electron chi connectivity index (χ1n) is 12.4. The number of carboxylic acids is 1. The van der Waals surface area contributed by atoms with Crippen molar-refractivity contribution < 1.29 is 24.5 Å². The normalized spacial score (nSPS) is 10.9. The number of aliphatic hydroxyl groups excluding tert-OH is 1. The molecule has 2 aromatic carbocycles. The minimum absolute atomic E-state index is 0.0385. The first kappa shape index (κ1) is 30.4. The van der Waals surface area contributed by atoms with Gasteiger partial charge in [0.1, 0.15) is 22.4 Å². The Morgan fingerprint density at radius 3 is 1.67 bits per heavy atom. The molecule has 4 rings (SSSR count). The van der Waals surface area contributed by atoms with Crippen LogP contribution in [0.2, 0.25) is 0 Å². The lowest BCUT2D eigenvalue weighted by atomic mass is 10.2. The summed E-state index contributed by atoms with van der Waals surface area (Å²) in [6.45, 7) is 8.52. The lowest BCUT2D eigenvalue weighted by molar-refractivity contribution is 0.0690. The fraction of sp³-hybridized carbons (Fsp3) is 0.321. The molecule has 0 radical (unpaired) electrons. The molecule has 0 atom stereocenters. The molecular formula is C28H32Br2N4O5. The van der Waals surface area contributed by atoms with Crippen LogP contribution in [-0.2, 0) is 19.8 Å². The number of aliphatic hydroxyl groups is 1. The maximum Gasteiger partial charge on any atom is 0.344 e. The van der Waals surface area contributed by atoms with E-state index in [9.17, 15) is 15.0 Å². The Morgan fingerprint density at radius 1 is 0.795 bits per heavy atom. The summed E-state index contributed by atoms with van der Waals surface area (Å²) in [7, 11) is 0. The van der Waals surface area contributed by atoms with Crippen molar-refractivity contribution in [2.24, 2.45) is 0 Å². The summed E-state index contributed by atoms with van der Waals surface area (Å²) in [5, 5.41) is 27.3. The fourth-order valence-electron chi connectivity index (χ4n) is 3.49. The standard InChI is InChI=1S/C14H15BrN2O3.C14H17BrN2O2/c1-9(2)17-12(15)11(14(18)19)13(16-17)20-8-10-6-4-3-5-7-10;1-10(2)17-13(15)12(8-18)14(16-17)19-9-11-6-4-3-5-7-11/h3-7,9H,8H2,1-2H3,(H,18,19);3-7,10,18H,8-9H2,1-2H3. The third-order valence-corrected chi connectivity index (χ3v) is 7.12. The first-order chi connectivity index (χ1) is 18.6. The lowest BCUT2D eigenvalue weighted by Crippen LogP contribution is -2.04. The van der Waals surface area contributed by atoms with E-state index in [2.05, 4.69) is 42.1 Å². The second-order valence-electron chi connectivity index (χ2n) is 9.13. The highest BCUT2D eigenvalue weighted by molar-refractivity contribution is 9.10. The smallest absolute Gasteiger partial charge is 0.344 e. The van der Waals surface area contributed by atoms with E-state index in [0.717, 1.165) is 15.7 Å². The Kier molecular flexibility index (Phi) is 11.1. The Bertz CT molecular complexity index is 1360. The summed E-state index contributed by atoms with van der Waals surface area (Å²) in [5.41, 5.74) is 2.76. The number of halogens is 2. The Hall–Kier alpha value is -3.15. The van der Waals surface area contributed by atoms with Crippen LogP contribution < -0.4 is 9.47 Å². The summed E-state index contributed by atoms with van der Waals surface area (Å²) < 4.78 is 15.8. The monoisotopic (exact) mass is 662 g/mol. The van der Waals surface area contributed by atoms with Crippen molar-refractivity contribution in [2.45, 2.75) is 59.6 Å². The largest absolute Gasteiger partial charge is 0.477 e. The number of hydrogen-bond donors (Lipinski definition) is 2. The topological polar surface area (TPSA) is 112 Å². The van der Waals surface area contributed by atoms with Crippen LogP contribution in [0.3, 0.4) is 0 Å². The van der Waals surface area contributed by atoms with E-state index in [-0.39, 0.29) is 36.7 Å². The van der Waals surface area contributed by atoms with Gasteiger partial charge in [-0.1, -0.05) is 60.7 Å².